The van der Waals surface area contributed by atoms with Crippen molar-refractivity contribution in [2.75, 3.05) is 40.5 Å². The molecule has 0 aromatic heterocycles. The fourth-order valence-corrected chi connectivity index (χ4v) is 5.62. The topological polar surface area (TPSA) is 108 Å². The fourth-order valence-electron chi connectivity index (χ4n) is 3.43. The first-order valence-corrected chi connectivity index (χ1v) is 13.1. The van der Waals surface area contributed by atoms with Crippen LogP contribution in [-0.4, -0.2) is 43.0 Å². The highest BCUT2D eigenvalue weighted by atomic mass is 32.2. The van der Waals surface area contributed by atoms with Crippen molar-refractivity contribution in [3.8, 4) is 0 Å². The van der Waals surface area contributed by atoms with Crippen LogP contribution in [0.1, 0.15) is 0 Å². The lowest BCUT2D eigenvalue weighted by molar-refractivity contribution is 0.589. The Morgan fingerprint density at radius 1 is 0.656 bits per heavy atom. The van der Waals surface area contributed by atoms with E-state index in [-0.39, 0.29) is 21.2 Å². The molecule has 0 unspecified atom stereocenters. The molecule has 10 heteroatoms. The maximum Gasteiger partial charge on any atom is 0.261 e. The minimum Gasteiger partial charge on any atom is -0.369 e. The number of sulfonamides is 2. The van der Waals surface area contributed by atoms with Gasteiger partial charge in [0.2, 0.25) is 0 Å². The van der Waals surface area contributed by atoms with Crippen LogP contribution in [0.4, 0.5) is 17.1 Å². The third-order valence-corrected chi connectivity index (χ3v) is 7.84. The number of nitrogens with zero attached hydrogens (tertiary/aromatic N) is 1. The van der Waals surface area contributed by atoms with Crippen LogP contribution in [-0.2, 0) is 20.0 Å². The Morgan fingerprint density at radius 2 is 1.16 bits per heavy atom. The van der Waals surface area contributed by atoms with E-state index < -0.39 is 20.0 Å². The van der Waals surface area contributed by atoms with Gasteiger partial charge in [0.05, 0.1) is 21.2 Å². The van der Waals surface area contributed by atoms with Crippen LogP contribution in [0.2, 0.25) is 0 Å². The number of piperazine rings is 1. The number of anilines is 3. The molecule has 4 rings (SSSR count). The van der Waals surface area contributed by atoms with Crippen molar-refractivity contribution >= 4 is 37.1 Å². The fraction of sp³-hybridized carbons (Fsp3) is 0.182. The Labute approximate surface area is 188 Å². The Kier molecular flexibility index (Phi) is 6.35. The lowest BCUT2D eigenvalue weighted by Crippen LogP contribution is -2.43. The molecule has 0 amide bonds. The van der Waals surface area contributed by atoms with E-state index in [0.29, 0.717) is 0 Å². The van der Waals surface area contributed by atoms with Gasteiger partial charge in [-0.05, 0) is 42.5 Å². The van der Waals surface area contributed by atoms with Crippen molar-refractivity contribution in [2.45, 2.75) is 9.79 Å². The van der Waals surface area contributed by atoms with Gasteiger partial charge in [-0.25, -0.2) is 16.8 Å². The number of hydrogen-bond donors (Lipinski definition) is 3. The van der Waals surface area contributed by atoms with Gasteiger partial charge in [0.15, 0.2) is 0 Å². The molecule has 3 aromatic carbocycles. The molecule has 0 saturated carbocycles. The Balaban J connectivity index is 1.72. The molecule has 1 aliphatic heterocycles. The molecule has 32 heavy (non-hydrogen) atoms. The quantitative estimate of drug-likeness (QED) is 0.488. The first-order chi connectivity index (χ1) is 15.4. The van der Waals surface area contributed by atoms with Gasteiger partial charge in [-0.2, -0.15) is 0 Å². The summed E-state index contributed by atoms with van der Waals surface area (Å²) in [6.45, 7) is 3.15. The second-order valence-corrected chi connectivity index (χ2v) is 10.7. The standard InChI is InChI=1S/C22H24N4O4S2/c27-31(28,19-7-3-1-4-8-19)24-21-12-11-18(26-15-13-23-14-16-26)17-22(21)25-32(29,30)20-9-5-2-6-10-20/h1-12,17,23-25H,13-16H2. The van der Waals surface area contributed by atoms with Crippen molar-refractivity contribution in [3.63, 3.8) is 0 Å². The third-order valence-electron chi connectivity index (χ3n) is 5.08. The van der Waals surface area contributed by atoms with Crippen LogP contribution < -0.4 is 19.7 Å². The molecule has 0 atom stereocenters. The summed E-state index contributed by atoms with van der Waals surface area (Å²) in [5, 5.41) is 3.27. The lowest BCUT2D eigenvalue weighted by atomic mass is 10.2. The molecule has 0 bridgehead atoms. The maximum atomic E-state index is 13.0. The van der Waals surface area contributed by atoms with Crippen LogP contribution in [0.15, 0.2) is 88.7 Å². The molecular weight excluding hydrogens is 448 g/mol. The van der Waals surface area contributed by atoms with Crippen molar-refractivity contribution in [1.82, 2.24) is 5.32 Å². The van der Waals surface area contributed by atoms with Crippen LogP contribution in [0.25, 0.3) is 0 Å². The van der Waals surface area contributed by atoms with Crippen LogP contribution in [0.3, 0.4) is 0 Å². The lowest BCUT2D eigenvalue weighted by Gasteiger charge is -2.30. The highest BCUT2D eigenvalue weighted by Crippen LogP contribution is 2.32. The van der Waals surface area contributed by atoms with Crippen molar-refractivity contribution in [3.05, 3.63) is 78.9 Å². The SMILES string of the molecule is O=S(=O)(Nc1ccc(N2CCNCC2)cc1NS(=O)(=O)c1ccccc1)c1ccccc1. The van der Waals surface area contributed by atoms with Gasteiger partial charge in [-0.15, -0.1) is 0 Å². The summed E-state index contributed by atoms with van der Waals surface area (Å²) in [6.07, 6.45) is 0. The third kappa shape index (κ3) is 5.04. The molecule has 1 saturated heterocycles. The van der Waals surface area contributed by atoms with Crippen molar-refractivity contribution < 1.29 is 16.8 Å². The van der Waals surface area contributed by atoms with Gasteiger partial charge in [0.1, 0.15) is 0 Å². The predicted octanol–water partition coefficient (Wildman–Crippen LogP) is 2.70. The number of benzene rings is 3. The van der Waals surface area contributed by atoms with Crippen LogP contribution in [0.5, 0.6) is 0 Å². The van der Waals surface area contributed by atoms with Crippen molar-refractivity contribution in [2.24, 2.45) is 0 Å². The summed E-state index contributed by atoms with van der Waals surface area (Å²) in [4.78, 5) is 2.29. The average Bonchev–Trinajstić information content (AvgIpc) is 2.82. The van der Waals surface area contributed by atoms with Crippen molar-refractivity contribution in [1.29, 1.82) is 0 Å². The molecule has 0 radical (unpaired) electrons. The molecule has 3 N–H and O–H groups in total. The molecule has 1 aliphatic rings. The molecule has 168 valence electrons. The number of nitrogens with one attached hydrogen (secondary N) is 3. The van der Waals surface area contributed by atoms with Gasteiger partial charge in [-0.1, -0.05) is 36.4 Å². The predicted molar refractivity (Wildman–Crippen MR) is 126 cm³/mol. The van der Waals surface area contributed by atoms with Crippen LogP contribution >= 0.6 is 0 Å². The second-order valence-electron chi connectivity index (χ2n) is 7.30. The molecular formula is C22H24N4O4S2. The Bertz CT molecular complexity index is 1280. The Hall–Kier alpha value is -3.08. The molecule has 0 aliphatic carbocycles. The molecule has 1 heterocycles. The van der Waals surface area contributed by atoms with Gasteiger partial charge < -0.3 is 10.2 Å². The van der Waals surface area contributed by atoms with E-state index in [1.165, 1.54) is 24.3 Å². The van der Waals surface area contributed by atoms with E-state index in [4.69, 9.17) is 0 Å². The molecule has 0 spiro atoms. The highest BCUT2D eigenvalue weighted by molar-refractivity contribution is 7.93. The van der Waals surface area contributed by atoms with Gasteiger partial charge in [-0.3, -0.25) is 9.44 Å². The largest absolute Gasteiger partial charge is 0.369 e. The zero-order valence-corrected chi connectivity index (χ0v) is 18.9. The first-order valence-electron chi connectivity index (χ1n) is 10.1. The smallest absolute Gasteiger partial charge is 0.261 e. The van der Waals surface area contributed by atoms with Crippen LogP contribution in [0, 0.1) is 0 Å². The number of hydrogen-bond acceptors (Lipinski definition) is 6. The summed E-state index contributed by atoms with van der Waals surface area (Å²) in [5.41, 5.74) is 1.11. The van der Waals surface area contributed by atoms with E-state index in [0.717, 1.165) is 31.9 Å². The maximum absolute atomic E-state index is 13.0. The average molecular weight is 473 g/mol. The summed E-state index contributed by atoms with van der Waals surface area (Å²) >= 11 is 0. The number of rotatable bonds is 7. The highest BCUT2D eigenvalue weighted by Gasteiger charge is 2.21. The second kappa shape index (κ2) is 9.19. The normalized spacial score (nSPS) is 14.7. The molecule has 1 fully saturated rings. The van der Waals surface area contributed by atoms with Gasteiger partial charge in [0.25, 0.3) is 20.0 Å². The summed E-state index contributed by atoms with van der Waals surface area (Å²) in [7, 11) is -7.82. The van der Waals surface area contributed by atoms with E-state index in [2.05, 4.69) is 19.7 Å². The minimum atomic E-state index is -3.92. The zero-order chi connectivity index (χ0) is 22.6. The molecule has 3 aromatic rings. The first kappa shape index (κ1) is 22.1. The summed E-state index contributed by atoms with van der Waals surface area (Å²) in [6, 6.07) is 20.9. The summed E-state index contributed by atoms with van der Waals surface area (Å²) < 4.78 is 56.7. The van der Waals surface area contributed by atoms with Gasteiger partial charge in [0, 0.05) is 31.9 Å². The zero-order valence-electron chi connectivity index (χ0n) is 17.2. The minimum absolute atomic E-state index is 0.0862. The molecule has 8 nitrogen and oxygen atoms in total. The monoisotopic (exact) mass is 472 g/mol. The Morgan fingerprint density at radius 3 is 1.69 bits per heavy atom. The van der Waals surface area contributed by atoms with E-state index >= 15 is 0 Å². The van der Waals surface area contributed by atoms with E-state index in [1.807, 2.05) is 0 Å². The van der Waals surface area contributed by atoms with Gasteiger partial charge >= 0.3 is 0 Å². The van der Waals surface area contributed by atoms with E-state index in [1.54, 1.807) is 54.6 Å². The summed E-state index contributed by atoms with van der Waals surface area (Å²) in [5.74, 6) is 0. The van der Waals surface area contributed by atoms with E-state index in [9.17, 15) is 16.8 Å².